The maximum Gasteiger partial charge on any atom is 0.251 e. The molecule has 2 amide bonds. The van der Waals surface area contributed by atoms with Crippen LogP contribution in [0, 0.1) is 17.8 Å². The molecule has 0 heterocycles. The molecule has 218 valence electrons. The Morgan fingerprint density at radius 2 is 1.74 bits per heavy atom. The lowest BCUT2D eigenvalue weighted by molar-refractivity contribution is -0.106. The fourth-order valence-corrected chi connectivity index (χ4v) is 2.59. The Bertz CT molecular complexity index is 765. The van der Waals surface area contributed by atoms with Gasteiger partial charge in [-0.2, -0.15) is 0 Å². The molecule has 0 aromatic heterocycles. The van der Waals surface area contributed by atoms with Crippen LogP contribution in [-0.2, 0) is 19.0 Å². The van der Waals surface area contributed by atoms with Gasteiger partial charge in [0, 0.05) is 37.2 Å². The molecule has 1 aromatic rings. The highest BCUT2D eigenvalue weighted by Crippen LogP contribution is 2.13. The van der Waals surface area contributed by atoms with E-state index in [0.29, 0.717) is 62.9 Å². The predicted molar refractivity (Wildman–Crippen MR) is 152 cm³/mol. The van der Waals surface area contributed by atoms with Crippen LogP contribution in [0.3, 0.4) is 0 Å². The molecule has 0 saturated carbocycles. The van der Waals surface area contributed by atoms with E-state index in [9.17, 15) is 4.79 Å². The van der Waals surface area contributed by atoms with Crippen LogP contribution < -0.4 is 26.8 Å². The highest BCUT2D eigenvalue weighted by Gasteiger charge is 2.08. The van der Waals surface area contributed by atoms with Gasteiger partial charge in [0.1, 0.15) is 25.2 Å². The van der Waals surface area contributed by atoms with Gasteiger partial charge in [0.05, 0.1) is 19.8 Å². The first-order valence-electron chi connectivity index (χ1n) is 13.2. The number of ether oxygens (including phenoxy) is 4. The average molecular weight is 539 g/mol. The molecule has 1 aromatic carbocycles. The molecular formula is C28H50N4O6. The van der Waals surface area contributed by atoms with Gasteiger partial charge < -0.3 is 41.0 Å². The second kappa shape index (κ2) is 27.4. The van der Waals surface area contributed by atoms with Crippen LogP contribution in [0.5, 0.6) is 5.75 Å². The summed E-state index contributed by atoms with van der Waals surface area (Å²) in [6.45, 7) is 16.2. The fraction of sp³-hybridized carbons (Fsp3) is 0.643. The maximum atomic E-state index is 12.2. The number of hydrogen-bond acceptors (Lipinski definition) is 8. The van der Waals surface area contributed by atoms with Crippen LogP contribution in [0.25, 0.3) is 0 Å². The molecule has 0 bridgehead atoms. The Labute approximate surface area is 229 Å². The highest BCUT2D eigenvalue weighted by molar-refractivity contribution is 5.94. The van der Waals surface area contributed by atoms with E-state index in [1.165, 1.54) is 0 Å². The van der Waals surface area contributed by atoms with Crippen LogP contribution in [0.2, 0.25) is 0 Å². The SMILES string of the molecule is CC.CC(C)C#CCOCCCOCCOC(N)COc1cccc(C(=O)NCCNC(C)C)c1.NC=O. The largest absolute Gasteiger partial charge is 0.489 e. The summed E-state index contributed by atoms with van der Waals surface area (Å²) >= 11 is 0. The third kappa shape index (κ3) is 25.0. The number of carbonyl (C=O) groups excluding carboxylic acids is 2. The van der Waals surface area contributed by atoms with E-state index in [4.69, 9.17) is 29.5 Å². The number of hydrogen-bond donors (Lipinski definition) is 4. The first kappa shape index (κ1) is 37.5. The van der Waals surface area contributed by atoms with E-state index in [1.807, 2.05) is 27.7 Å². The first-order chi connectivity index (χ1) is 18.3. The van der Waals surface area contributed by atoms with Gasteiger partial charge in [-0.25, -0.2) is 0 Å². The maximum absolute atomic E-state index is 12.2. The lowest BCUT2D eigenvalue weighted by Gasteiger charge is -2.15. The van der Waals surface area contributed by atoms with Gasteiger partial charge in [0.15, 0.2) is 0 Å². The summed E-state index contributed by atoms with van der Waals surface area (Å²) in [5.74, 6) is 6.82. The van der Waals surface area contributed by atoms with Crippen molar-refractivity contribution in [3.8, 4) is 17.6 Å². The summed E-state index contributed by atoms with van der Waals surface area (Å²) in [7, 11) is 0. The fourth-order valence-electron chi connectivity index (χ4n) is 2.59. The molecule has 1 rings (SSSR count). The van der Waals surface area contributed by atoms with Crippen molar-refractivity contribution in [3.05, 3.63) is 29.8 Å². The zero-order valence-electron chi connectivity index (χ0n) is 24.1. The van der Waals surface area contributed by atoms with Crippen molar-refractivity contribution in [2.24, 2.45) is 17.4 Å². The molecule has 6 N–H and O–H groups in total. The van der Waals surface area contributed by atoms with Crippen LogP contribution in [-0.4, -0.2) is 77.3 Å². The van der Waals surface area contributed by atoms with E-state index in [0.717, 1.165) is 13.0 Å². The molecule has 38 heavy (non-hydrogen) atoms. The number of amides is 2. The van der Waals surface area contributed by atoms with E-state index < -0.39 is 6.23 Å². The van der Waals surface area contributed by atoms with E-state index in [2.05, 4.69) is 42.1 Å². The molecule has 0 aliphatic rings. The zero-order chi connectivity index (χ0) is 29.0. The summed E-state index contributed by atoms with van der Waals surface area (Å²) in [6.07, 6.45) is 0.465. The average Bonchev–Trinajstić information content (AvgIpc) is 2.90. The second-order valence-corrected chi connectivity index (χ2v) is 8.24. The minimum absolute atomic E-state index is 0.141. The number of nitrogens with two attached hydrogens (primary N) is 2. The molecule has 10 nitrogen and oxygen atoms in total. The van der Waals surface area contributed by atoms with Crippen LogP contribution >= 0.6 is 0 Å². The molecule has 0 radical (unpaired) electrons. The van der Waals surface area contributed by atoms with E-state index in [-0.39, 0.29) is 18.9 Å². The number of carbonyl (C=O) groups is 2. The molecule has 0 aliphatic carbocycles. The summed E-state index contributed by atoms with van der Waals surface area (Å²) in [4.78, 5) is 20.8. The molecule has 0 saturated heterocycles. The van der Waals surface area contributed by atoms with Crippen molar-refractivity contribution in [3.63, 3.8) is 0 Å². The standard InChI is InChI=1S/C25H41N3O5.C2H6.CH3NO/c1-20(2)8-6-13-30-14-7-15-31-16-17-32-24(26)19-33-23-10-5-9-22(18-23)25(29)28-12-11-27-21(3)4;1-2;2-1-3/h5,9-10,18,20-21,24,27H,7,11-17,19,26H2,1-4H3,(H,28,29);1-2H3;1H,(H2,2,3). The summed E-state index contributed by atoms with van der Waals surface area (Å²) in [6, 6.07) is 7.38. The van der Waals surface area contributed by atoms with Gasteiger partial charge in [0.25, 0.3) is 5.91 Å². The number of benzene rings is 1. The van der Waals surface area contributed by atoms with Crippen molar-refractivity contribution in [2.45, 2.75) is 60.2 Å². The predicted octanol–water partition coefficient (Wildman–Crippen LogP) is 2.31. The van der Waals surface area contributed by atoms with Crippen LogP contribution in [0.4, 0.5) is 0 Å². The molecule has 10 heteroatoms. The number of nitrogens with one attached hydrogen (secondary N) is 2. The minimum Gasteiger partial charge on any atom is -0.489 e. The van der Waals surface area contributed by atoms with E-state index >= 15 is 0 Å². The molecule has 1 atom stereocenters. The lowest BCUT2D eigenvalue weighted by atomic mass is 10.2. The summed E-state index contributed by atoms with van der Waals surface area (Å²) < 4.78 is 22.1. The van der Waals surface area contributed by atoms with Gasteiger partial charge in [-0.1, -0.05) is 59.4 Å². The van der Waals surface area contributed by atoms with Gasteiger partial charge >= 0.3 is 0 Å². The monoisotopic (exact) mass is 538 g/mol. The second-order valence-electron chi connectivity index (χ2n) is 8.24. The van der Waals surface area contributed by atoms with Crippen molar-refractivity contribution < 1.29 is 28.5 Å². The third-order valence-corrected chi connectivity index (χ3v) is 4.18. The van der Waals surface area contributed by atoms with Crippen LogP contribution in [0.1, 0.15) is 58.3 Å². The normalized spacial score (nSPS) is 10.8. The smallest absolute Gasteiger partial charge is 0.251 e. The zero-order valence-corrected chi connectivity index (χ0v) is 24.1. The Morgan fingerprint density at radius 3 is 2.39 bits per heavy atom. The van der Waals surface area contributed by atoms with Crippen molar-refractivity contribution in [2.75, 3.05) is 52.7 Å². The Hall–Kier alpha value is -2.68. The summed E-state index contributed by atoms with van der Waals surface area (Å²) in [5.41, 5.74) is 10.6. The van der Waals surface area contributed by atoms with Gasteiger partial charge in [-0.05, 0) is 24.6 Å². The minimum atomic E-state index is -0.587. The molecule has 0 aliphatic heterocycles. The third-order valence-electron chi connectivity index (χ3n) is 4.18. The molecule has 0 spiro atoms. The Morgan fingerprint density at radius 1 is 1.05 bits per heavy atom. The van der Waals surface area contributed by atoms with Crippen molar-refractivity contribution in [1.82, 2.24) is 10.6 Å². The summed E-state index contributed by atoms with van der Waals surface area (Å²) in [5, 5.41) is 6.13. The molecule has 1 unspecified atom stereocenters. The topological polar surface area (TPSA) is 147 Å². The molecular weight excluding hydrogens is 488 g/mol. The van der Waals surface area contributed by atoms with Gasteiger partial charge in [0.2, 0.25) is 6.41 Å². The van der Waals surface area contributed by atoms with E-state index in [1.54, 1.807) is 24.3 Å². The number of rotatable bonds is 17. The van der Waals surface area contributed by atoms with Gasteiger partial charge in [-0.15, -0.1) is 0 Å². The van der Waals surface area contributed by atoms with Crippen molar-refractivity contribution >= 4 is 12.3 Å². The Balaban J connectivity index is 0. The quantitative estimate of drug-likeness (QED) is 0.102. The first-order valence-corrected chi connectivity index (χ1v) is 13.2. The van der Waals surface area contributed by atoms with Gasteiger partial charge in [-0.3, -0.25) is 9.59 Å². The van der Waals surface area contributed by atoms with Crippen molar-refractivity contribution in [1.29, 1.82) is 0 Å². The molecule has 0 fully saturated rings. The number of primary amides is 1. The Kier molecular flexibility index (Phi) is 27.0. The van der Waals surface area contributed by atoms with Crippen LogP contribution in [0.15, 0.2) is 24.3 Å². The lowest BCUT2D eigenvalue weighted by Crippen LogP contribution is -2.34. The highest BCUT2D eigenvalue weighted by atomic mass is 16.6.